The highest BCUT2D eigenvalue weighted by molar-refractivity contribution is 6.32. The molecule has 1 aromatic rings. The molecule has 1 N–H and O–H groups in total. The van der Waals surface area contributed by atoms with Crippen LogP contribution in [0.15, 0.2) is 11.0 Å². The van der Waals surface area contributed by atoms with E-state index in [2.05, 4.69) is 24.3 Å². The van der Waals surface area contributed by atoms with E-state index in [1.807, 2.05) is 6.92 Å². The van der Waals surface area contributed by atoms with Crippen LogP contribution in [0.5, 0.6) is 0 Å². The molecule has 0 saturated heterocycles. The van der Waals surface area contributed by atoms with E-state index in [-0.39, 0.29) is 10.6 Å². The second kappa shape index (κ2) is 7.41. The zero-order valence-corrected chi connectivity index (χ0v) is 12.1. The summed E-state index contributed by atoms with van der Waals surface area (Å²) in [6.07, 6.45) is 4.73. The Bertz CT molecular complexity index is 427. The van der Waals surface area contributed by atoms with Crippen LogP contribution in [0.1, 0.15) is 40.0 Å². The van der Waals surface area contributed by atoms with E-state index in [0.29, 0.717) is 18.2 Å². The van der Waals surface area contributed by atoms with Crippen LogP contribution in [-0.4, -0.2) is 16.3 Å². The first-order valence-corrected chi connectivity index (χ1v) is 7.01. The largest absolute Gasteiger partial charge is 0.382 e. The standard InChI is InChI=1S/C13H22ClN3O/c1-4-7-17-13(18)12(14)11(9-16-17)15-8-10(5-2)6-3/h9-10,15H,4-8H2,1-3H3. The van der Waals surface area contributed by atoms with Crippen LogP contribution in [0.3, 0.4) is 0 Å². The monoisotopic (exact) mass is 271 g/mol. The molecule has 1 heterocycles. The summed E-state index contributed by atoms with van der Waals surface area (Å²) >= 11 is 6.07. The Morgan fingerprint density at radius 3 is 2.61 bits per heavy atom. The van der Waals surface area contributed by atoms with Crippen LogP contribution in [0.25, 0.3) is 0 Å². The Hall–Kier alpha value is -1.03. The van der Waals surface area contributed by atoms with Gasteiger partial charge in [-0.25, -0.2) is 4.68 Å². The summed E-state index contributed by atoms with van der Waals surface area (Å²) < 4.78 is 1.41. The second-order valence-electron chi connectivity index (χ2n) is 4.46. The molecule has 1 rings (SSSR count). The number of aryl methyl sites for hydroxylation is 1. The van der Waals surface area contributed by atoms with Gasteiger partial charge in [-0.15, -0.1) is 0 Å². The number of rotatable bonds is 7. The maximum atomic E-state index is 11.9. The minimum absolute atomic E-state index is 0.215. The molecule has 0 atom stereocenters. The van der Waals surface area contributed by atoms with Crippen molar-refractivity contribution in [2.45, 2.75) is 46.6 Å². The zero-order chi connectivity index (χ0) is 13.5. The smallest absolute Gasteiger partial charge is 0.287 e. The van der Waals surface area contributed by atoms with Crippen LogP contribution in [0, 0.1) is 5.92 Å². The summed E-state index contributed by atoms with van der Waals surface area (Å²) in [6, 6.07) is 0. The lowest BCUT2D eigenvalue weighted by Gasteiger charge is -2.15. The van der Waals surface area contributed by atoms with E-state index in [9.17, 15) is 4.79 Å². The molecule has 5 heteroatoms. The predicted octanol–water partition coefficient (Wildman–Crippen LogP) is 3.15. The molecule has 0 amide bonds. The lowest BCUT2D eigenvalue weighted by molar-refractivity contribution is 0.518. The highest BCUT2D eigenvalue weighted by Crippen LogP contribution is 2.17. The number of halogens is 1. The van der Waals surface area contributed by atoms with Crippen molar-refractivity contribution >= 4 is 17.3 Å². The Morgan fingerprint density at radius 2 is 2.06 bits per heavy atom. The van der Waals surface area contributed by atoms with Crippen molar-refractivity contribution in [3.8, 4) is 0 Å². The van der Waals surface area contributed by atoms with Gasteiger partial charge in [0.05, 0.1) is 11.9 Å². The number of hydrogen-bond donors (Lipinski definition) is 1. The molecular weight excluding hydrogens is 250 g/mol. The molecule has 0 saturated carbocycles. The molecule has 4 nitrogen and oxygen atoms in total. The summed E-state index contributed by atoms with van der Waals surface area (Å²) in [6.45, 7) is 7.75. The summed E-state index contributed by atoms with van der Waals surface area (Å²) in [5.74, 6) is 0.596. The molecule has 18 heavy (non-hydrogen) atoms. The molecule has 0 bridgehead atoms. The molecule has 0 fully saturated rings. The fraction of sp³-hybridized carbons (Fsp3) is 0.692. The van der Waals surface area contributed by atoms with Gasteiger partial charge in [0, 0.05) is 13.1 Å². The summed E-state index contributed by atoms with van der Waals surface area (Å²) in [5, 5.41) is 7.57. The molecule has 0 radical (unpaired) electrons. The first kappa shape index (κ1) is 15.0. The lowest BCUT2D eigenvalue weighted by atomic mass is 10.0. The van der Waals surface area contributed by atoms with Crippen LogP contribution < -0.4 is 10.9 Å². The Morgan fingerprint density at radius 1 is 1.39 bits per heavy atom. The van der Waals surface area contributed by atoms with E-state index < -0.39 is 0 Å². The van der Waals surface area contributed by atoms with Crippen molar-refractivity contribution in [3.63, 3.8) is 0 Å². The zero-order valence-electron chi connectivity index (χ0n) is 11.4. The molecule has 0 spiro atoms. The van der Waals surface area contributed by atoms with E-state index in [1.165, 1.54) is 4.68 Å². The quantitative estimate of drug-likeness (QED) is 0.829. The third-order valence-corrected chi connectivity index (χ3v) is 3.52. The van der Waals surface area contributed by atoms with Crippen molar-refractivity contribution in [2.75, 3.05) is 11.9 Å². The summed E-state index contributed by atoms with van der Waals surface area (Å²) in [4.78, 5) is 11.9. The molecule has 0 aromatic carbocycles. The van der Waals surface area contributed by atoms with Crippen LogP contribution in [-0.2, 0) is 6.54 Å². The highest BCUT2D eigenvalue weighted by atomic mass is 35.5. The topological polar surface area (TPSA) is 46.9 Å². The fourth-order valence-corrected chi connectivity index (χ4v) is 2.00. The van der Waals surface area contributed by atoms with Gasteiger partial charge in [0.2, 0.25) is 0 Å². The summed E-state index contributed by atoms with van der Waals surface area (Å²) in [5.41, 5.74) is 0.425. The third-order valence-electron chi connectivity index (χ3n) is 3.16. The minimum Gasteiger partial charge on any atom is -0.382 e. The van der Waals surface area contributed by atoms with E-state index in [4.69, 9.17) is 11.6 Å². The number of nitrogens with zero attached hydrogens (tertiary/aromatic N) is 2. The Balaban J connectivity index is 2.79. The van der Waals surface area contributed by atoms with E-state index >= 15 is 0 Å². The van der Waals surface area contributed by atoms with Gasteiger partial charge in [0.25, 0.3) is 5.56 Å². The first-order valence-electron chi connectivity index (χ1n) is 6.63. The van der Waals surface area contributed by atoms with E-state index in [1.54, 1.807) is 6.20 Å². The Kier molecular flexibility index (Phi) is 6.19. The number of hydrogen-bond acceptors (Lipinski definition) is 3. The van der Waals surface area contributed by atoms with Gasteiger partial charge in [-0.1, -0.05) is 45.2 Å². The molecule has 1 aromatic heterocycles. The van der Waals surface area contributed by atoms with Gasteiger partial charge < -0.3 is 5.32 Å². The van der Waals surface area contributed by atoms with Crippen molar-refractivity contribution < 1.29 is 0 Å². The first-order chi connectivity index (χ1) is 8.63. The van der Waals surface area contributed by atoms with Crippen molar-refractivity contribution in [1.29, 1.82) is 0 Å². The normalized spacial score (nSPS) is 10.9. The van der Waals surface area contributed by atoms with Gasteiger partial charge in [-0.05, 0) is 12.3 Å². The van der Waals surface area contributed by atoms with Crippen LogP contribution in [0.2, 0.25) is 5.02 Å². The Labute approximate surface area is 113 Å². The van der Waals surface area contributed by atoms with Crippen LogP contribution >= 0.6 is 11.6 Å². The van der Waals surface area contributed by atoms with Crippen molar-refractivity contribution in [2.24, 2.45) is 5.92 Å². The van der Waals surface area contributed by atoms with Gasteiger partial charge in [0.15, 0.2) is 0 Å². The van der Waals surface area contributed by atoms with E-state index in [0.717, 1.165) is 25.8 Å². The van der Waals surface area contributed by atoms with Gasteiger partial charge >= 0.3 is 0 Å². The summed E-state index contributed by atoms with van der Waals surface area (Å²) in [7, 11) is 0. The molecular formula is C13H22ClN3O. The maximum Gasteiger partial charge on any atom is 0.287 e. The minimum atomic E-state index is -0.215. The second-order valence-corrected chi connectivity index (χ2v) is 4.84. The van der Waals surface area contributed by atoms with Gasteiger partial charge in [0.1, 0.15) is 5.02 Å². The predicted molar refractivity (Wildman–Crippen MR) is 76.4 cm³/mol. The number of nitrogens with one attached hydrogen (secondary N) is 1. The molecule has 0 unspecified atom stereocenters. The average molecular weight is 272 g/mol. The fourth-order valence-electron chi connectivity index (χ4n) is 1.79. The molecule has 0 aliphatic rings. The van der Waals surface area contributed by atoms with Crippen molar-refractivity contribution in [3.05, 3.63) is 21.6 Å². The van der Waals surface area contributed by atoms with Crippen molar-refractivity contribution in [1.82, 2.24) is 9.78 Å². The lowest BCUT2D eigenvalue weighted by Crippen LogP contribution is -2.25. The molecule has 0 aliphatic carbocycles. The third kappa shape index (κ3) is 3.73. The highest BCUT2D eigenvalue weighted by Gasteiger charge is 2.10. The number of aromatic nitrogens is 2. The molecule has 0 aliphatic heterocycles. The van der Waals surface area contributed by atoms with Gasteiger partial charge in [-0.2, -0.15) is 5.10 Å². The number of anilines is 1. The maximum absolute atomic E-state index is 11.9. The average Bonchev–Trinajstić information content (AvgIpc) is 2.38. The van der Waals surface area contributed by atoms with Crippen LogP contribution in [0.4, 0.5) is 5.69 Å². The van der Waals surface area contributed by atoms with Gasteiger partial charge in [-0.3, -0.25) is 4.79 Å². The SMILES string of the molecule is CCCn1ncc(NCC(CC)CC)c(Cl)c1=O. The molecule has 102 valence electrons.